The molecular weight excluding hydrogens is 389 g/mol. The van der Waals surface area contributed by atoms with Crippen LogP contribution < -0.4 is 4.90 Å². The van der Waals surface area contributed by atoms with E-state index in [1.807, 2.05) is 6.92 Å². The third kappa shape index (κ3) is 5.74. The van der Waals surface area contributed by atoms with Crippen molar-refractivity contribution < 1.29 is 42.9 Å². The Kier molecular flexibility index (Phi) is 7.66. The first-order valence-electron chi connectivity index (χ1n) is 9.05. The lowest BCUT2D eigenvalue weighted by molar-refractivity contribution is -0.177. The van der Waals surface area contributed by atoms with E-state index in [9.17, 15) is 28.7 Å². The standard InChI is InChI=1S/C19H22FNO8/c1-3-4-6-28-19(26)12-8-13(20)10-14(9-12)21-5-7-27-15(17(21)23)16(18(24)25)29-11(2)22/h8-10,15-16H,3-7H2,1-2H3,(H,24,25)/t15-,16-/m1/s1. The number of morpholine rings is 1. The van der Waals surface area contributed by atoms with Crippen LogP contribution in [-0.2, 0) is 28.6 Å². The van der Waals surface area contributed by atoms with E-state index >= 15 is 0 Å². The highest BCUT2D eigenvalue weighted by atomic mass is 19.1. The van der Waals surface area contributed by atoms with Crippen molar-refractivity contribution in [2.24, 2.45) is 0 Å². The first kappa shape index (κ1) is 22.3. The van der Waals surface area contributed by atoms with Crippen LogP contribution in [0.3, 0.4) is 0 Å². The summed E-state index contributed by atoms with van der Waals surface area (Å²) in [5, 5.41) is 9.26. The molecule has 0 bridgehead atoms. The lowest BCUT2D eigenvalue weighted by Gasteiger charge is -2.34. The molecule has 1 saturated heterocycles. The quantitative estimate of drug-likeness (QED) is 0.505. The van der Waals surface area contributed by atoms with Crippen molar-refractivity contribution in [3.8, 4) is 0 Å². The first-order valence-corrected chi connectivity index (χ1v) is 9.05. The second kappa shape index (κ2) is 9.97. The molecule has 9 nitrogen and oxygen atoms in total. The van der Waals surface area contributed by atoms with Crippen LogP contribution in [0.15, 0.2) is 18.2 Å². The zero-order valence-corrected chi connectivity index (χ0v) is 16.1. The lowest BCUT2D eigenvalue weighted by atomic mass is 10.1. The molecule has 1 aromatic carbocycles. The maximum atomic E-state index is 14.1. The van der Waals surface area contributed by atoms with Gasteiger partial charge in [0.05, 0.1) is 18.8 Å². The monoisotopic (exact) mass is 411 g/mol. The van der Waals surface area contributed by atoms with Gasteiger partial charge in [0.2, 0.25) is 6.10 Å². The summed E-state index contributed by atoms with van der Waals surface area (Å²) in [7, 11) is 0. The largest absolute Gasteiger partial charge is 0.478 e. The number of rotatable bonds is 8. The Morgan fingerprint density at radius 3 is 2.69 bits per heavy atom. The zero-order chi connectivity index (χ0) is 21.6. The van der Waals surface area contributed by atoms with Crippen molar-refractivity contribution >= 4 is 29.5 Å². The smallest absolute Gasteiger partial charge is 0.348 e. The molecule has 158 valence electrons. The molecule has 0 spiro atoms. The molecule has 10 heteroatoms. The summed E-state index contributed by atoms with van der Waals surface area (Å²) in [4.78, 5) is 48.5. The van der Waals surface area contributed by atoms with Gasteiger partial charge in [-0.1, -0.05) is 13.3 Å². The van der Waals surface area contributed by atoms with Crippen molar-refractivity contribution in [1.29, 1.82) is 0 Å². The highest BCUT2D eigenvalue weighted by molar-refractivity contribution is 6.01. The van der Waals surface area contributed by atoms with Crippen molar-refractivity contribution in [1.82, 2.24) is 0 Å². The van der Waals surface area contributed by atoms with Gasteiger partial charge in [0.15, 0.2) is 6.10 Å². The fourth-order valence-corrected chi connectivity index (χ4v) is 2.74. The average Bonchev–Trinajstić information content (AvgIpc) is 2.66. The summed E-state index contributed by atoms with van der Waals surface area (Å²) in [6.07, 6.45) is -1.98. The molecule has 2 atom stereocenters. The van der Waals surface area contributed by atoms with E-state index in [1.165, 1.54) is 6.07 Å². The number of halogens is 1. The first-order chi connectivity index (χ1) is 13.7. The maximum absolute atomic E-state index is 14.1. The van der Waals surface area contributed by atoms with Crippen molar-refractivity contribution in [3.05, 3.63) is 29.6 Å². The molecule has 0 radical (unpaired) electrons. The van der Waals surface area contributed by atoms with Crippen LogP contribution in [0.4, 0.5) is 10.1 Å². The fraction of sp³-hybridized carbons (Fsp3) is 0.474. The minimum Gasteiger partial charge on any atom is -0.478 e. The molecule has 1 fully saturated rings. The van der Waals surface area contributed by atoms with Crippen LogP contribution in [0.2, 0.25) is 0 Å². The molecule has 29 heavy (non-hydrogen) atoms. The molecule has 0 saturated carbocycles. The zero-order valence-electron chi connectivity index (χ0n) is 16.1. The molecule has 1 heterocycles. The van der Waals surface area contributed by atoms with Gasteiger partial charge in [-0.2, -0.15) is 0 Å². The van der Waals surface area contributed by atoms with Gasteiger partial charge in [-0.05, 0) is 24.6 Å². The number of hydrogen-bond donors (Lipinski definition) is 1. The summed E-state index contributed by atoms with van der Waals surface area (Å²) in [5.74, 6) is -4.79. The number of carboxylic acids is 1. The maximum Gasteiger partial charge on any atom is 0.348 e. The number of aliphatic carboxylic acids is 1. The summed E-state index contributed by atoms with van der Waals surface area (Å²) in [6.45, 7) is 3.03. The number of hydrogen-bond acceptors (Lipinski definition) is 7. The molecule has 0 aromatic heterocycles. The number of nitrogens with zero attached hydrogens (tertiary/aromatic N) is 1. The topological polar surface area (TPSA) is 119 Å². The molecule has 1 N–H and O–H groups in total. The van der Waals surface area contributed by atoms with Crippen molar-refractivity contribution in [2.75, 3.05) is 24.7 Å². The summed E-state index contributed by atoms with van der Waals surface area (Å²) >= 11 is 0. The highest BCUT2D eigenvalue weighted by Crippen LogP contribution is 2.24. The highest BCUT2D eigenvalue weighted by Gasteiger charge is 2.42. The van der Waals surface area contributed by atoms with Gasteiger partial charge < -0.3 is 24.2 Å². The van der Waals surface area contributed by atoms with E-state index in [2.05, 4.69) is 4.74 Å². The predicted molar refractivity (Wildman–Crippen MR) is 96.9 cm³/mol. The van der Waals surface area contributed by atoms with Crippen LogP contribution in [0, 0.1) is 5.82 Å². The number of carbonyl (C=O) groups excluding carboxylic acids is 3. The van der Waals surface area contributed by atoms with Gasteiger partial charge in [0.1, 0.15) is 5.82 Å². The Bertz CT molecular complexity index is 796. The van der Waals surface area contributed by atoms with Gasteiger partial charge in [-0.15, -0.1) is 0 Å². The number of carboxylic acid groups (broad SMARTS) is 1. The van der Waals surface area contributed by atoms with E-state index in [0.29, 0.717) is 6.42 Å². The summed E-state index contributed by atoms with van der Waals surface area (Å²) in [6, 6.07) is 3.29. The minimum atomic E-state index is -1.85. The Labute approximate surface area is 166 Å². The van der Waals surface area contributed by atoms with Crippen LogP contribution in [0.5, 0.6) is 0 Å². The van der Waals surface area contributed by atoms with E-state index in [4.69, 9.17) is 9.47 Å². The van der Waals surface area contributed by atoms with Crippen LogP contribution in [-0.4, -0.2) is 60.9 Å². The second-order valence-corrected chi connectivity index (χ2v) is 6.34. The van der Waals surface area contributed by atoms with Crippen LogP contribution in [0.25, 0.3) is 0 Å². The molecule has 1 aliphatic heterocycles. The molecule has 1 amide bonds. The van der Waals surface area contributed by atoms with Gasteiger partial charge in [0, 0.05) is 19.2 Å². The molecular formula is C19H22FNO8. The number of anilines is 1. The summed E-state index contributed by atoms with van der Waals surface area (Å²) in [5.41, 5.74) is -0.0422. The molecule has 1 aliphatic rings. The van der Waals surface area contributed by atoms with E-state index < -0.39 is 41.8 Å². The SMILES string of the molecule is CCCCOC(=O)c1cc(F)cc(N2CCO[C@H]([C@@H](OC(C)=O)C(=O)O)C2=O)c1. The number of carbonyl (C=O) groups is 4. The predicted octanol–water partition coefficient (Wildman–Crippen LogP) is 1.53. The number of ether oxygens (including phenoxy) is 3. The van der Waals surface area contributed by atoms with Crippen molar-refractivity contribution in [3.63, 3.8) is 0 Å². The van der Waals surface area contributed by atoms with Gasteiger partial charge in [0.25, 0.3) is 5.91 Å². The Morgan fingerprint density at radius 1 is 1.34 bits per heavy atom. The Balaban J connectivity index is 2.26. The van der Waals surface area contributed by atoms with Gasteiger partial charge in [-0.3, -0.25) is 9.59 Å². The molecule has 0 unspecified atom stereocenters. The van der Waals surface area contributed by atoms with Gasteiger partial charge in [-0.25, -0.2) is 14.0 Å². The normalized spacial score (nSPS) is 17.6. The number of unbranched alkanes of at least 4 members (excludes halogenated alkanes) is 1. The van der Waals surface area contributed by atoms with E-state index in [0.717, 1.165) is 30.4 Å². The average molecular weight is 411 g/mol. The van der Waals surface area contributed by atoms with Crippen LogP contribution >= 0.6 is 0 Å². The fourth-order valence-electron chi connectivity index (χ4n) is 2.74. The molecule has 1 aromatic rings. The number of benzene rings is 1. The lowest BCUT2D eigenvalue weighted by Crippen LogP contribution is -2.55. The number of amides is 1. The van der Waals surface area contributed by atoms with E-state index in [1.54, 1.807) is 0 Å². The minimum absolute atomic E-state index is 0.00444. The van der Waals surface area contributed by atoms with E-state index in [-0.39, 0.29) is 31.0 Å². The van der Waals surface area contributed by atoms with Crippen molar-refractivity contribution in [2.45, 2.75) is 38.9 Å². The molecule has 2 rings (SSSR count). The van der Waals surface area contributed by atoms with Gasteiger partial charge >= 0.3 is 17.9 Å². The summed E-state index contributed by atoms with van der Waals surface area (Å²) < 4.78 is 29.0. The second-order valence-electron chi connectivity index (χ2n) is 6.34. The Morgan fingerprint density at radius 2 is 2.07 bits per heavy atom. The Hall–Kier alpha value is -3.01. The third-order valence-electron chi connectivity index (χ3n) is 4.09. The van der Waals surface area contributed by atoms with Crippen LogP contribution in [0.1, 0.15) is 37.0 Å². The third-order valence-corrected chi connectivity index (χ3v) is 4.09. The number of esters is 2. The molecule has 0 aliphatic carbocycles.